The topological polar surface area (TPSA) is 57.6 Å². The SMILES string of the molecule is CCC(=O)CN(CC)S(=O)O. The minimum absolute atomic E-state index is 0.0192. The van der Waals surface area contributed by atoms with Crippen LogP contribution in [0.1, 0.15) is 20.3 Å². The average molecular weight is 179 g/mol. The first-order valence-electron chi connectivity index (χ1n) is 3.49. The van der Waals surface area contributed by atoms with Crippen LogP contribution in [0.25, 0.3) is 0 Å². The minimum Gasteiger partial charge on any atom is -0.298 e. The van der Waals surface area contributed by atoms with Gasteiger partial charge in [-0.3, -0.25) is 9.35 Å². The molecular formula is C6H13NO3S. The molecule has 0 aromatic carbocycles. The van der Waals surface area contributed by atoms with Crippen LogP contribution in [0, 0.1) is 0 Å². The highest BCUT2D eigenvalue weighted by Crippen LogP contribution is 1.93. The first-order chi connectivity index (χ1) is 5.11. The van der Waals surface area contributed by atoms with E-state index in [9.17, 15) is 9.00 Å². The Morgan fingerprint density at radius 3 is 2.36 bits per heavy atom. The van der Waals surface area contributed by atoms with Crippen LogP contribution in [0.3, 0.4) is 0 Å². The van der Waals surface area contributed by atoms with Crippen molar-refractivity contribution in [2.24, 2.45) is 0 Å². The fourth-order valence-electron chi connectivity index (χ4n) is 0.586. The van der Waals surface area contributed by atoms with Gasteiger partial charge in [0.15, 0.2) is 0 Å². The summed E-state index contributed by atoms with van der Waals surface area (Å²) in [5.74, 6) is -0.0192. The summed E-state index contributed by atoms with van der Waals surface area (Å²) < 4.78 is 20.3. The molecule has 0 saturated heterocycles. The number of hydrogen-bond donors (Lipinski definition) is 1. The molecule has 1 N–H and O–H groups in total. The predicted octanol–water partition coefficient (Wildman–Crippen LogP) is 0.424. The van der Waals surface area contributed by atoms with Gasteiger partial charge in [-0.2, -0.15) is 4.31 Å². The van der Waals surface area contributed by atoms with Crippen molar-refractivity contribution in [1.29, 1.82) is 0 Å². The molecule has 4 nitrogen and oxygen atoms in total. The lowest BCUT2D eigenvalue weighted by atomic mass is 10.3. The van der Waals surface area contributed by atoms with Gasteiger partial charge in [0.2, 0.25) is 11.3 Å². The van der Waals surface area contributed by atoms with Gasteiger partial charge in [0, 0.05) is 13.0 Å². The zero-order valence-corrected chi connectivity index (χ0v) is 7.56. The van der Waals surface area contributed by atoms with Gasteiger partial charge in [-0.15, -0.1) is 0 Å². The molecule has 11 heavy (non-hydrogen) atoms. The maximum Gasteiger partial charge on any atom is 0.234 e. The zero-order valence-electron chi connectivity index (χ0n) is 6.74. The number of ketones is 1. The summed E-state index contributed by atoms with van der Waals surface area (Å²) in [6.45, 7) is 3.94. The van der Waals surface area contributed by atoms with Crippen molar-refractivity contribution in [3.63, 3.8) is 0 Å². The number of carbonyl (C=O) groups is 1. The molecule has 0 heterocycles. The maximum atomic E-state index is 10.8. The van der Waals surface area contributed by atoms with E-state index in [0.29, 0.717) is 13.0 Å². The van der Waals surface area contributed by atoms with Crippen molar-refractivity contribution in [2.45, 2.75) is 20.3 Å². The highest BCUT2D eigenvalue weighted by molar-refractivity contribution is 7.76. The molecule has 5 heteroatoms. The molecule has 0 aromatic rings. The number of nitrogens with zero attached hydrogens (tertiary/aromatic N) is 1. The minimum atomic E-state index is -2.01. The summed E-state index contributed by atoms with van der Waals surface area (Å²) >= 11 is -2.01. The van der Waals surface area contributed by atoms with Crippen molar-refractivity contribution in [1.82, 2.24) is 4.31 Å². The van der Waals surface area contributed by atoms with E-state index in [-0.39, 0.29) is 12.3 Å². The first-order valence-corrected chi connectivity index (χ1v) is 4.55. The van der Waals surface area contributed by atoms with Gasteiger partial charge in [0.05, 0.1) is 6.54 Å². The maximum absolute atomic E-state index is 10.8. The molecule has 0 aliphatic carbocycles. The number of Topliss-reactive ketones (excluding diaryl/α,β-unsaturated/α-hetero) is 1. The van der Waals surface area contributed by atoms with Crippen molar-refractivity contribution in [3.05, 3.63) is 0 Å². The standard InChI is InChI=1S/C6H13NO3S/c1-3-6(8)5-7(4-2)11(9)10/h3-5H2,1-2H3,(H,9,10). The second-order valence-electron chi connectivity index (χ2n) is 2.08. The fraction of sp³-hybridized carbons (Fsp3) is 0.833. The van der Waals surface area contributed by atoms with Crippen LogP contribution in [-0.2, 0) is 16.1 Å². The molecule has 66 valence electrons. The Kier molecular flexibility index (Phi) is 5.27. The molecule has 1 unspecified atom stereocenters. The second-order valence-corrected chi connectivity index (χ2v) is 3.06. The normalized spacial score (nSPS) is 13.5. The molecule has 0 radical (unpaired) electrons. The van der Waals surface area contributed by atoms with Gasteiger partial charge in [-0.25, -0.2) is 4.21 Å². The lowest BCUT2D eigenvalue weighted by molar-refractivity contribution is -0.118. The van der Waals surface area contributed by atoms with E-state index >= 15 is 0 Å². The number of hydrogen-bond acceptors (Lipinski definition) is 2. The Morgan fingerprint density at radius 2 is 2.09 bits per heavy atom. The Balaban J connectivity index is 3.88. The molecule has 0 aliphatic heterocycles. The number of rotatable bonds is 5. The van der Waals surface area contributed by atoms with Gasteiger partial charge < -0.3 is 0 Å². The summed E-state index contributed by atoms with van der Waals surface area (Å²) in [6, 6.07) is 0. The van der Waals surface area contributed by atoms with Gasteiger partial charge in [0.1, 0.15) is 5.78 Å². The van der Waals surface area contributed by atoms with Gasteiger partial charge in [-0.1, -0.05) is 13.8 Å². The molecule has 0 rings (SSSR count). The highest BCUT2D eigenvalue weighted by Gasteiger charge is 2.11. The molecule has 0 aromatic heterocycles. The van der Waals surface area contributed by atoms with Gasteiger partial charge >= 0.3 is 0 Å². The van der Waals surface area contributed by atoms with E-state index in [1.807, 2.05) is 0 Å². The fourth-order valence-corrected chi connectivity index (χ4v) is 1.06. The molecular weight excluding hydrogens is 166 g/mol. The molecule has 0 spiro atoms. The van der Waals surface area contributed by atoms with Crippen LogP contribution in [-0.4, -0.2) is 31.9 Å². The van der Waals surface area contributed by atoms with Crippen LogP contribution >= 0.6 is 0 Å². The quantitative estimate of drug-likeness (QED) is 0.622. The third-order valence-corrected chi connectivity index (χ3v) is 2.15. The Labute approximate surface area is 69.0 Å². The Morgan fingerprint density at radius 1 is 1.55 bits per heavy atom. The van der Waals surface area contributed by atoms with Crippen LogP contribution in [0.15, 0.2) is 0 Å². The molecule has 0 aliphatic rings. The average Bonchev–Trinajstić information content (AvgIpc) is 1.99. The molecule has 0 fully saturated rings. The van der Waals surface area contributed by atoms with Crippen LogP contribution in [0.4, 0.5) is 0 Å². The third-order valence-electron chi connectivity index (χ3n) is 1.32. The van der Waals surface area contributed by atoms with E-state index in [1.165, 1.54) is 4.31 Å². The predicted molar refractivity (Wildman–Crippen MR) is 43.3 cm³/mol. The van der Waals surface area contributed by atoms with E-state index in [0.717, 1.165) is 0 Å². The molecule has 0 amide bonds. The summed E-state index contributed by atoms with van der Waals surface area (Å²) in [5, 5.41) is 0. The second kappa shape index (κ2) is 5.40. The largest absolute Gasteiger partial charge is 0.298 e. The van der Waals surface area contributed by atoms with Crippen molar-refractivity contribution in [3.8, 4) is 0 Å². The smallest absolute Gasteiger partial charge is 0.234 e. The summed E-state index contributed by atoms with van der Waals surface area (Å²) in [4.78, 5) is 10.8. The molecule has 1 atom stereocenters. The van der Waals surface area contributed by atoms with E-state index in [2.05, 4.69) is 0 Å². The van der Waals surface area contributed by atoms with Crippen LogP contribution in [0.5, 0.6) is 0 Å². The van der Waals surface area contributed by atoms with Crippen molar-refractivity contribution in [2.75, 3.05) is 13.1 Å². The summed E-state index contributed by atoms with van der Waals surface area (Å²) in [5.41, 5.74) is 0. The number of carbonyl (C=O) groups excluding carboxylic acids is 1. The van der Waals surface area contributed by atoms with Crippen molar-refractivity contribution >= 4 is 17.0 Å². The van der Waals surface area contributed by atoms with Gasteiger partial charge in [0.25, 0.3) is 0 Å². The number of likely N-dealkylation sites (N-methyl/N-ethyl adjacent to an activating group) is 1. The third kappa shape index (κ3) is 4.23. The van der Waals surface area contributed by atoms with E-state index in [1.54, 1.807) is 13.8 Å². The molecule has 0 bridgehead atoms. The van der Waals surface area contributed by atoms with E-state index < -0.39 is 11.3 Å². The monoisotopic (exact) mass is 179 g/mol. The van der Waals surface area contributed by atoms with Crippen molar-refractivity contribution < 1.29 is 13.6 Å². The lowest BCUT2D eigenvalue weighted by Gasteiger charge is -2.12. The van der Waals surface area contributed by atoms with Crippen LogP contribution in [0.2, 0.25) is 0 Å². The first kappa shape index (κ1) is 10.7. The van der Waals surface area contributed by atoms with E-state index in [4.69, 9.17) is 4.55 Å². The highest BCUT2D eigenvalue weighted by atomic mass is 32.2. The lowest BCUT2D eigenvalue weighted by Crippen LogP contribution is -2.30. The summed E-state index contributed by atoms with van der Waals surface area (Å²) in [7, 11) is 0. The Bertz CT molecular complexity index is 160. The van der Waals surface area contributed by atoms with Gasteiger partial charge in [-0.05, 0) is 0 Å². The molecule has 0 saturated carbocycles. The summed E-state index contributed by atoms with van der Waals surface area (Å²) in [6.07, 6.45) is 0.410. The zero-order chi connectivity index (χ0) is 8.85. The van der Waals surface area contributed by atoms with Crippen LogP contribution < -0.4 is 0 Å². The Hall–Kier alpha value is -0.260.